The molecule has 0 nitrogen and oxygen atoms in total. The normalized spacial score (nSPS) is 50.5. The summed E-state index contributed by atoms with van der Waals surface area (Å²) in [6.07, 6.45) is 18.7. The summed E-state index contributed by atoms with van der Waals surface area (Å²) in [5.41, 5.74) is 2.78. The van der Waals surface area contributed by atoms with E-state index in [-0.39, 0.29) is 0 Å². The van der Waals surface area contributed by atoms with E-state index in [9.17, 15) is 0 Å². The molecule has 0 aromatic rings. The zero-order valence-electron chi connectivity index (χ0n) is 27.4. The van der Waals surface area contributed by atoms with Gasteiger partial charge in [0.2, 0.25) is 0 Å². The Hall–Kier alpha value is 0.567. The van der Waals surface area contributed by atoms with E-state index in [2.05, 4.69) is 67.2 Å². The third-order valence-corrected chi connectivity index (χ3v) is 24.6. The molecule has 12 atom stereocenters. The van der Waals surface area contributed by atoms with Crippen LogP contribution in [-0.4, -0.2) is 18.6 Å². The van der Waals surface area contributed by atoms with Crippen LogP contribution in [0.3, 0.4) is 0 Å². The molecular formula is C37H66SSi. The molecule has 0 bridgehead atoms. The van der Waals surface area contributed by atoms with Gasteiger partial charge in [-0.2, -0.15) is 11.8 Å². The highest BCUT2D eigenvalue weighted by molar-refractivity contribution is 8.00. The van der Waals surface area contributed by atoms with Crippen molar-refractivity contribution < 1.29 is 0 Å². The Morgan fingerprint density at radius 2 is 1.31 bits per heavy atom. The molecule has 1 aliphatic heterocycles. The maximum absolute atomic E-state index is 2.79. The Bertz CT molecular complexity index is 831. The lowest BCUT2D eigenvalue weighted by molar-refractivity contribution is 0.0636. The number of hydrogen-bond acceptors (Lipinski definition) is 1. The molecule has 5 aliphatic carbocycles. The zero-order chi connectivity index (χ0) is 27.7. The fraction of sp³-hybridized carbons (Fsp3) is 1.00. The molecule has 6 aliphatic rings. The van der Waals surface area contributed by atoms with Crippen LogP contribution in [0, 0.1) is 64.6 Å². The second-order valence-corrected chi connectivity index (χ2v) is 24.1. The molecule has 0 radical (unpaired) electrons. The van der Waals surface area contributed by atoms with E-state index >= 15 is 0 Å². The molecule has 0 aromatic carbocycles. The first-order chi connectivity index (χ1) is 18.6. The molecule has 0 spiro atoms. The highest BCUT2D eigenvalue weighted by Crippen LogP contribution is 2.71. The summed E-state index contributed by atoms with van der Waals surface area (Å²) >= 11 is 2.53. The third kappa shape index (κ3) is 4.81. The number of fused-ring (bicyclic) bond motifs is 4. The molecule has 1 saturated heterocycles. The van der Waals surface area contributed by atoms with Crippen LogP contribution in [-0.2, 0) is 0 Å². The molecule has 0 amide bonds. The van der Waals surface area contributed by atoms with E-state index in [1.165, 1.54) is 25.7 Å². The summed E-state index contributed by atoms with van der Waals surface area (Å²) in [6, 6.07) is 3.19. The van der Waals surface area contributed by atoms with E-state index in [4.69, 9.17) is 0 Å². The average Bonchev–Trinajstić information content (AvgIpc) is 3.55. The fourth-order valence-corrected chi connectivity index (χ4v) is 24.0. The minimum atomic E-state index is -1.44. The summed E-state index contributed by atoms with van der Waals surface area (Å²) in [6.45, 7) is 21.2. The van der Waals surface area contributed by atoms with Crippen LogP contribution < -0.4 is 0 Å². The largest absolute Gasteiger partial charge is 0.154 e. The van der Waals surface area contributed by atoms with Gasteiger partial charge in [-0.3, -0.25) is 0 Å². The van der Waals surface area contributed by atoms with Gasteiger partial charge in [-0.05, 0) is 127 Å². The molecule has 6 rings (SSSR count). The van der Waals surface area contributed by atoms with Crippen LogP contribution in [0.5, 0.6) is 0 Å². The SMILES string of the molecule is CC[Si](CC)(C1C(C)CC2C(C3CCC(C(C)(C)C)CC3)CCCC21)C1C(C)C(C)C2SC3CCCCC3C21. The minimum absolute atomic E-state index is 0.517. The Kier molecular flexibility index (Phi) is 8.54. The molecule has 1 heterocycles. The second kappa shape index (κ2) is 11.2. The van der Waals surface area contributed by atoms with Gasteiger partial charge in [0.1, 0.15) is 0 Å². The van der Waals surface area contributed by atoms with Crippen LogP contribution in [0.15, 0.2) is 0 Å². The first-order valence-electron chi connectivity index (χ1n) is 18.3. The molecule has 12 unspecified atom stereocenters. The molecular weight excluding hydrogens is 505 g/mol. The van der Waals surface area contributed by atoms with Gasteiger partial charge in [-0.25, -0.2) is 0 Å². The van der Waals surface area contributed by atoms with Crippen molar-refractivity contribution in [2.24, 2.45) is 64.6 Å². The topological polar surface area (TPSA) is 0 Å². The maximum Gasteiger partial charge on any atom is 0.0604 e. The molecule has 6 fully saturated rings. The number of hydrogen-bond donors (Lipinski definition) is 0. The predicted octanol–water partition coefficient (Wildman–Crippen LogP) is 11.7. The zero-order valence-corrected chi connectivity index (χ0v) is 29.2. The van der Waals surface area contributed by atoms with Crippen LogP contribution >= 0.6 is 11.8 Å². The lowest BCUT2D eigenvalue weighted by atomic mass is 9.61. The summed E-state index contributed by atoms with van der Waals surface area (Å²) in [7, 11) is -1.44. The van der Waals surface area contributed by atoms with Crippen molar-refractivity contribution in [3.8, 4) is 0 Å². The van der Waals surface area contributed by atoms with Crippen LogP contribution in [0.25, 0.3) is 0 Å². The van der Waals surface area contributed by atoms with Gasteiger partial charge in [0, 0.05) is 10.5 Å². The Morgan fingerprint density at radius 3 is 1.97 bits per heavy atom. The van der Waals surface area contributed by atoms with Gasteiger partial charge in [-0.1, -0.05) is 93.2 Å². The smallest absolute Gasteiger partial charge is 0.0604 e. The number of rotatable bonds is 5. The molecule has 2 heteroatoms. The van der Waals surface area contributed by atoms with Gasteiger partial charge in [-0.15, -0.1) is 0 Å². The van der Waals surface area contributed by atoms with Crippen LogP contribution in [0.2, 0.25) is 23.2 Å². The van der Waals surface area contributed by atoms with Gasteiger partial charge < -0.3 is 0 Å². The monoisotopic (exact) mass is 570 g/mol. The Balaban J connectivity index is 1.27. The lowest BCUT2D eigenvalue weighted by Gasteiger charge is -2.52. The summed E-state index contributed by atoms with van der Waals surface area (Å²) < 4.78 is 0. The van der Waals surface area contributed by atoms with Crippen LogP contribution in [0.1, 0.15) is 132 Å². The van der Waals surface area contributed by atoms with E-state index in [1.54, 1.807) is 63.5 Å². The van der Waals surface area contributed by atoms with E-state index < -0.39 is 8.07 Å². The highest BCUT2D eigenvalue weighted by atomic mass is 32.2. The molecule has 5 saturated carbocycles. The van der Waals surface area contributed by atoms with Gasteiger partial charge in [0.05, 0.1) is 8.07 Å². The van der Waals surface area contributed by atoms with Crippen molar-refractivity contribution in [2.75, 3.05) is 0 Å². The highest BCUT2D eigenvalue weighted by Gasteiger charge is 2.66. The van der Waals surface area contributed by atoms with Crippen molar-refractivity contribution in [3.05, 3.63) is 0 Å². The summed E-state index contributed by atoms with van der Waals surface area (Å²) in [5.74, 6) is 10.4. The standard InChI is InChI=1S/C37H66SSi/c1-9-39(10-2,36-25(5)24(4)34-33(36)30-14-11-12-17-32(30)38-34)35-23(3)22-31-28(15-13-16-29(31)35)26-18-20-27(21-19-26)37(6,7)8/h23-36H,9-22H2,1-8H3. The first kappa shape index (κ1) is 29.6. The fourth-order valence-electron chi connectivity index (χ4n) is 13.6. The third-order valence-electron chi connectivity index (χ3n) is 15.4. The maximum atomic E-state index is 2.79. The van der Waals surface area contributed by atoms with E-state index in [0.717, 1.165) is 80.8 Å². The second-order valence-electron chi connectivity index (χ2n) is 17.5. The lowest BCUT2D eigenvalue weighted by Crippen LogP contribution is -2.52. The van der Waals surface area contributed by atoms with Gasteiger partial charge in [0.15, 0.2) is 0 Å². The van der Waals surface area contributed by atoms with Crippen molar-refractivity contribution in [1.82, 2.24) is 0 Å². The Labute approximate surface area is 249 Å². The van der Waals surface area contributed by atoms with Crippen molar-refractivity contribution in [1.29, 1.82) is 0 Å². The quantitative estimate of drug-likeness (QED) is 0.296. The first-order valence-corrected chi connectivity index (χ1v) is 21.8. The molecule has 224 valence electrons. The summed E-state index contributed by atoms with van der Waals surface area (Å²) in [5, 5.41) is 2.04. The predicted molar refractivity (Wildman–Crippen MR) is 176 cm³/mol. The van der Waals surface area contributed by atoms with Crippen molar-refractivity contribution >= 4 is 19.8 Å². The van der Waals surface area contributed by atoms with E-state index in [1.807, 2.05) is 0 Å². The van der Waals surface area contributed by atoms with Crippen molar-refractivity contribution in [2.45, 2.75) is 166 Å². The molecule has 0 aromatic heterocycles. The average molecular weight is 571 g/mol. The Morgan fingerprint density at radius 1 is 0.667 bits per heavy atom. The molecule has 39 heavy (non-hydrogen) atoms. The van der Waals surface area contributed by atoms with E-state index in [0.29, 0.717) is 5.41 Å². The van der Waals surface area contributed by atoms with Gasteiger partial charge >= 0.3 is 0 Å². The van der Waals surface area contributed by atoms with Gasteiger partial charge in [0.25, 0.3) is 0 Å². The minimum Gasteiger partial charge on any atom is -0.154 e. The van der Waals surface area contributed by atoms with Crippen molar-refractivity contribution in [3.63, 3.8) is 0 Å². The summed E-state index contributed by atoms with van der Waals surface area (Å²) in [4.78, 5) is 0. The molecule has 0 N–H and O–H groups in total. The van der Waals surface area contributed by atoms with Crippen LogP contribution in [0.4, 0.5) is 0 Å². The number of thioether (sulfide) groups is 1.